The van der Waals surface area contributed by atoms with Gasteiger partial charge in [0.25, 0.3) is 0 Å². The van der Waals surface area contributed by atoms with Crippen molar-refractivity contribution in [2.24, 2.45) is 5.73 Å². The molecule has 4 amide bonds. The van der Waals surface area contributed by atoms with Crippen molar-refractivity contribution >= 4 is 29.6 Å². The van der Waals surface area contributed by atoms with E-state index in [1.807, 2.05) is 0 Å². The maximum absolute atomic E-state index is 12.3. The first-order chi connectivity index (χ1) is 28.1. The predicted octanol–water partition coefficient (Wildman–Crippen LogP) is -2.34. The molecule has 6 N–H and O–H groups in total. The van der Waals surface area contributed by atoms with E-state index in [1.165, 1.54) is 13.8 Å². The summed E-state index contributed by atoms with van der Waals surface area (Å²) < 4.78 is 64.5. The molecule has 0 aliphatic heterocycles. The molecule has 3 unspecified atom stereocenters. The van der Waals surface area contributed by atoms with Crippen LogP contribution in [-0.2, 0) is 80.8 Å². The van der Waals surface area contributed by atoms with E-state index in [1.54, 1.807) is 7.11 Å². The fraction of sp³-hybridized carbons (Fsp3) is 0.861. The molecule has 0 saturated heterocycles. The second kappa shape index (κ2) is 40.6. The number of carbonyl (C=O) groups is 5. The van der Waals surface area contributed by atoms with E-state index < -0.39 is 54.1 Å². The first-order valence-electron chi connectivity index (χ1n) is 19.3. The number of rotatable bonds is 44. The SMILES string of the molecule is COCCOCCOCCOCCOCCOCCOCCOCCOCCOCCOCCOCCC(=O)NC(C)C(=O)NC(C)C(=O)NC(CC(N)=O)C(=O)O. The second-order valence-corrected chi connectivity index (χ2v) is 12.1. The van der Waals surface area contributed by atoms with Crippen molar-refractivity contribution in [1.29, 1.82) is 0 Å². The van der Waals surface area contributed by atoms with Crippen LogP contribution >= 0.6 is 0 Å². The lowest BCUT2D eigenvalue weighted by Crippen LogP contribution is -2.54. The van der Waals surface area contributed by atoms with Crippen molar-refractivity contribution in [2.45, 2.75) is 44.8 Å². The number of carboxylic acids is 1. The minimum absolute atomic E-state index is 0.0137. The van der Waals surface area contributed by atoms with E-state index in [4.69, 9.17) is 67.7 Å². The number of nitrogens with two attached hydrogens (primary N) is 1. The highest BCUT2D eigenvalue weighted by Crippen LogP contribution is 1.96. The molecule has 0 aliphatic rings. The van der Waals surface area contributed by atoms with Gasteiger partial charge in [0, 0.05) is 13.5 Å². The first-order valence-corrected chi connectivity index (χ1v) is 19.3. The Morgan fingerprint density at radius 1 is 0.448 bits per heavy atom. The van der Waals surface area contributed by atoms with Gasteiger partial charge in [-0.05, 0) is 13.8 Å². The second-order valence-electron chi connectivity index (χ2n) is 12.1. The zero-order chi connectivity index (χ0) is 42.9. The molecule has 58 heavy (non-hydrogen) atoms. The number of ether oxygens (including phenoxy) is 12. The van der Waals surface area contributed by atoms with Gasteiger partial charge in [0.2, 0.25) is 23.6 Å². The minimum Gasteiger partial charge on any atom is -0.480 e. The zero-order valence-corrected chi connectivity index (χ0v) is 34.4. The largest absolute Gasteiger partial charge is 0.480 e. The summed E-state index contributed by atoms with van der Waals surface area (Å²) in [6, 6.07) is -3.65. The van der Waals surface area contributed by atoms with Crippen LogP contribution in [0.25, 0.3) is 0 Å². The third-order valence-electron chi connectivity index (χ3n) is 7.17. The van der Waals surface area contributed by atoms with Crippen LogP contribution < -0.4 is 21.7 Å². The molecule has 0 spiro atoms. The lowest BCUT2D eigenvalue weighted by Gasteiger charge is -2.20. The highest BCUT2D eigenvalue weighted by Gasteiger charge is 2.26. The van der Waals surface area contributed by atoms with Crippen LogP contribution in [0.4, 0.5) is 0 Å². The molecule has 0 aromatic carbocycles. The first kappa shape index (κ1) is 54.9. The number of hydrogen-bond acceptors (Lipinski definition) is 17. The molecule has 0 radical (unpaired) electrons. The number of aliphatic carboxylic acids is 1. The molecule has 22 nitrogen and oxygen atoms in total. The Morgan fingerprint density at radius 2 is 0.724 bits per heavy atom. The van der Waals surface area contributed by atoms with Crippen molar-refractivity contribution in [3.63, 3.8) is 0 Å². The molecular formula is C36H68N4O18. The van der Waals surface area contributed by atoms with Crippen LogP contribution in [0.1, 0.15) is 26.7 Å². The third-order valence-corrected chi connectivity index (χ3v) is 7.17. The summed E-state index contributed by atoms with van der Waals surface area (Å²) in [6.07, 6.45) is -0.619. The van der Waals surface area contributed by atoms with Gasteiger partial charge in [-0.25, -0.2) is 4.79 Å². The average molecular weight is 845 g/mol. The molecule has 0 saturated carbocycles. The van der Waals surface area contributed by atoms with E-state index in [0.717, 1.165) is 0 Å². The predicted molar refractivity (Wildman–Crippen MR) is 204 cm³/mol. The van der Waals surface area contributed by atoms with E-state index in [-0.39, 0.29) is 19.6 Å². The van der Waals surface area contributed by atoms with Gasteiger partial charge in [0.05, 0.1) is 158 Å². The van der Waals surface area contributed by atoms with Crippen molar-refractivity contribution in [3.05, 3.63) is 0 Å². The van der Waals surface area contributed by atoms with Gasteiger partial charge >= 0.3 is 5.97 Å². The molecule has 0 rings (SSSR count). The van der Waals surface area contributed by atoms with E-state index >= 15 is 0 Å². The molecule has 0 aromatic heterocycles. The summed E-state index contributed by atoms with van der Waals surface area (Å²) in [4.78, 5) is 58.8. The van der Waals surface area contributed by atoms with Gasteiger partial charge in [0.15, 0.2) is 0 Å². The zero-order valence-electron chi connectivity index (χ0n) is 34.4. The Morgan fingerprint density at radius 3 is 1.02 bits per heavy atom. The lowest BCUT2D eigenvalue weighted by molar-refractivity contribution is -0.143. The normalized spacial score (nSPS) is 12.8. The van der Waals surface area contributed by atoms with Crippen LogP contribution in [0, 0.1) is 0 Å². The van der Waals surface area contributed by atoms with Crippen LogP contribution in [0.3, 0.4) is 0 Å². The number of primary amides is 1. The van der Waals surface area contributed by atoms with Gasteiger partial charge in [-0.1, -0.05) is 0 Å². The van der Waals surface area contributed by atoms with Gasteiger partial charge in [-0.3, -0.25) is 19.2 Å². The maximum Gasteiger partial charge on any atom is 0.326 e. The van der Waals surface area contributed by atoms with Crippen LogP contribution in [-0.4, -0.2) is 212 Å². The summed E-state index contributed by atoms with van der Waals surface area (Å²) in [6.45, 7) is 12.8. The summed E-state index contributed by atoms with van der Waals surface area (Å²) in [5, 5.41) is 16.1. The van der Waals surface area contributed by atoms with Crippen LogP contribution in [0.5, 0.6) is 0 Å². The molecule has 22 heteroatoms. The highest BCUT2D eigenvalue weighted by atomic mass is 16.6. The van der Waals surface area contributed by atoms with Gasteiger partial charge in [-0.15, -0.1) is 0 Å². The van der Waals surface area contributed by atoms with E-state index in [9.17, 15) is 24.0 Å². The smallest absolute Gasteiger partial charge is 0.326 e. The summed E-state index contributed by atoms with van der Waals surface area (Å²) >= 11 is 0. The molecule has 340 valence electrons. The van der Waals surface area contributed by atoms with Crippen molar-refractivity contribution in [2.75, 3.05) is 159 Å². The Labute approximate surface area is 340 Å². The Kier molecular flexibility index (Phi) is 38.4. The number of amides is 4. The molecule has 0 heterocycles. The number of carboxylic acid groups (broad SMARTS) is 1. The average Bonchev–Trinajstić information content (AvgIpc) is 3.18. The molecule has 3 atom stereocenters. The summed E-state index contributed by atoms with van der Waals surface area (Å²) in [5.41, 5.74) is 4.99. The summed E-state index contributed by atoms with van der Waals surface area (Å²) in [5.74, 6) is -4.31. The number of hydrogen-bond donors (Lipinski definition) is 5. The van der Waals surface area contributed by atoms with Gasteiger partial charge in [0.1, 0.15) is 18.1 Å². The Hall–Kier alpha value is -3.13. The topological polar surface area (TPSA) is 278 Å². The fourth-order valence-electron chi connectivity index (χ4n) is 4.09. The molecule has 0 aromatic rings. The van der Waals surface area contributed by atoms with Gasteiger partial charge in [-0.2, -0.15) is 0 Å². The standard InChI is InChI=1S/C36H68N4O18/c1-29(34(43)39-30(2)35(44)40-31(36(45)46)28-32(37)41)38-33(42)4-5-48-8-9-50-12-13-52-16-17-54-20-21-56-24-25-58-27-26-57-23-22-55-19-18-53-15-14-51-11-10-49-7-6-47-3/h29-31H,4-28H2,1-3H3,(H2,37,41)(H,38,42)(H,39,43)(H,40,44)(H,45,46). The number of nitrogens with one attached hydrogen (secondary N) is 3. The van der Waals surface area contributed by atoms with Crippen LogP contribution in [0.15, 0.2) is 0 Å². The quantitative estimate of drug-likeness (QED) is 0.0402. The molecule has 0 bridgehead atoms. The van der Waals surface area contributed by atoms with Crippen molar-refractivity contribution in [3.8, 4) is 0 Å². The number of methoxy groups -OCH3 is 1. The Balaban J connectivity index is 3.44. The minimum atomic E-state index is -1.53. The molecule has 0 aliphatic carbocycles. The van der Waals surface area contributed by atoms with E-state index in [2.05, 4.69) is 16.0 Å². The third kappa shape index (κ3) is 37.2. The fourth-order valence-corrected chi connectivity index (χ4v) is 4.09. The van der Waals surface area contributed by atoms with E-state index in [0.29, 0.717) is 139 Å². The van der Waals surface area contributed by atoms with Crippen molar-refractivity contribution in [1.82, 2.24) is 16.0 Å². The summed E-state index contributed by atoms with van der Waals surface area (Å²) in [7, 11) is 1.63. The maximum atomic E-state index is 12.3. The van der Waals surface area contributed by atoms with Crippen LogP contribution in [0.2, 0.25) is 0 Å². The molecular weight excluding hydrogens is 776 g/mol. The van der Waals surface area contributed by atoms with Crippen molar-refractivity contribution < 1.29 is 85.9 Å². The van der Waals surface area contributed by atoms with Gasteiger partial charge < -0.3 is 83.6 Å². The Bertz CT molecular complexity index is 1050. The monoisotopic (exact) mass is 844 g/mol. The lowest BCUT2D eigenvalue weighted by atomic mass is 10.1. The number of carbonyl (C=O) groups excluding carboxylic acids is 4. The highest BCUT2D eigenvalue weighted by molar-refractivity contribution is 5.94. The molecule has 0 fully saturated rings.